The quantitative estimate of drug-likeness (QED) is 0.559. The number of aromatic nitrogens is 6. The molecule has 0 saturated carbocycles. The summed E-state index contributed by atoms with van der Waals surface area (Å²) in [6.45, 7) is 2.36. The van der Waals surface area contributed by atoms with Crippen LogP contribution in [0.1, 0.15) is 18.5 Å². The second-order valence-corrected chi connectivity index (χ2v) is 7.39. The van der Waals surface area contributed by atoms with E-state index < -0.39 is 0 Å². The highest BCUT2D eigenvalue weighted by Gasteiger charge is 2.25. The fraction of sp³-hybridized carbons (Fsp3) is 0.238. The molecule has 150 valence electrons. The summed E-state index contributed by atoms with van der Waals surface area (Å²) in [6.07, 6.45) is 8.03. The summed E-state index contributed by atoms with van der Waals surface area (Å²) in [5.41, 5.74) is 9.12. The van der Waals surface area contributed by atoms with Crippen LogP contribution < -0.4 is 10.6 Å². The first-order valence-corrected chi connectivity index (χ1v) is 9.75. The lowest BCUT2D eigenvalue weighted by atomic mass is 10.1. The third kappa shape index (κ3) is 3.29. The SMILES string of the molecule is Cc1cncc(-c2cc3c(cn2)cnn3-c2cccc(N3C[C@@H](N)CCC3=O)n2)n1. The summed E-state index contributed by atoms with van der Waals surface area (Å²) in [6, 6.07) is 7.43. The predicted molar refractivity (Wildman–Crippen MR) is 112 cm³/mol. The molecular weight excluding hydrogens is 380 g/mol. The summed E-state index contributed by atoms with van der Waals surface area (Å²) >= 11 is 0. The second-order valence-electron chi connectivity index (χ2n) is 7.39. The van der Waals surface area contributed by atoms with Crippen LogP contribution in [0.15, 0.2) is 49.1 Å². The molecule has 0 aliphatic carbocycles. The highest BCUT2D eigenvalue weighted by Crippen LogP contribution is 2.24. The maximum absolute atomic E-state index is 12.4. The molecule has 0 spiro atoms. The Morgan fingerprint density at radius 2 is 1.93 bits per heavy atom. The van der Waals surface area contributed by atoms with Gasteiger partial charge in [-0.25, -0.2) is 14.6 Å². The van der Waals surface area contributed by atoms with Gasteiger partial charge in [-0.1, -0.05) is 6.07 Å². The molecule has 1 aliphatic rings. The zero-order chi connectivity index (χ0) is 20.7. The van der Waals surface area contributed by atoms with Gasteiger partial charge >= 0.3 is 0 Å². The number of nitrogens with zero attached hydrogens (tertiary/aromatic N) is 7. The van der Waals surface area contributed by atoms with Gasteiger partial charge in [-0.05, 0) is 31.5 Å². The van der Waals surface area contributed by atoms with Crippen molar-refractivity contribution < 1.29 is 4.79 Å². The van der Waals surface area contributed by atoms with E-state index >= 15 is 0 Å². The molecule has 4 aromatic rings. The van der Waals surface area contributed by atoms with E-state index in [4.69, 9.17) is 10.7 Å². The van der Waals surface area contributed by atoms with Gasteiger partial charge in [0.2, 0.25) is 5.91 Å². The number of nitrogens with two attached hydrogens (primary N) is 1. The standard InChI is InChI=1S/C21H20N8O/c1-13-8-23-11-17(26-13)16-7-18-14(9-24-16)10-25-29(18)20-4-2-3-19(27-20)28-12-15(22)5-6-21(28)30/h2-4,7-11,15H,5-6,12,22H2,1H3/t15-/m0/s1. The molecule has 1 atom stereocenters. The average Bonchev–Trinajstić information content (AvgIpc) is 3.19. The molecule has 4 aromatic heterocycles. The molecule has 0 aromatic carbocycles. The molecule has 2 N–H and O–H groups in total. The molecule has 1 fully saturated rings. The Balaban J connectivity index is 1.56. The minimum absolute atomic E-state index is 0.0381. The number of aryl methyl sites for hydroxylation is 1. The number of pyridine rings is 2. The van der Waals surface area contributed by atoms with Gasteiger partial charge in [0, 0.05) is 36.8 Å². The van der Waals surface area contributed by atoms with Crippen LogP contribution in [-0.4, -0.2) is 48.2 Å². The van der Waals surface area contributed by atoms with Crippen molar-refractivity contribution in [3.8, 4) is 17.2 Å². The third-order valence-corrected chi connectivity index (χ3v) is 5.13. The van der Waals surface area contributed by atoms with Crippen LogP contribution in [-0.2, 0) is 4.79 Å². The molecule has 5 heterocycles. The summed E-state index contributed by atoms with van der Waals surface area (Å²) < 4.78 is 1.74. The van der Waals surface area contributed by atoms with Gasteiger partial charge in [0.1, 0.15) is 11.5 Å². The van der Waals surface area contributed by atoms with Crippen LogP contribution in [0.25, 0.3) is 28.1 Å². The Hall–Kier alpha value is -3.72. The Morgan fingerprint density at radius 3 is 2.80 bits per heavy atom. The number of anilines is 1. The van der Waals surface area contributed by atoms with E-state index in [1.807, 2.05) is 31.2 Å². The fourth-order valence-electron chi connectivity index (χ4n) is 3.60. The molecule has 5 rings (SSSR count). The van der Waals surface area contributed by atoms with E-state index in [0.717, 1.165) is 16.6 Å². The molecular formula is C21H20N8O. The minimum atomic E-state index is -0.0391. The van der Waals surface area contributed by atoms with Crippen molar-refractivity contribution in [1.29, 1.82) is 0 Å². The van der Waals surface area contributed by atoms with Gasteiger partial charge in [0.05, 0.1) is 29.3 Å². The lowest BCUT2D eigenvalue weighted by molar-refractivity contribution is -0.119. The average molecular weight is 400 g/mol. The van der Waals surface area contributed by atoms with Gasteiger partial charge in [-0.15, -0.1) is 0 Å². The zero-order valence-corrected chi connectivity index (χ0v) is 16.4. The fourth-order valence-corrected chi connectivity index (χ4v) is 3.60. The number of carbonyl (C=O) groups is 1. The van der Waals surface area contributed by atoms with E-state index in [2.05, 4.69) is 20.1 Å². The minimum Gasteiger partial charge on any atom is -0.326 e. The molecule has 9 heteroatoms. The Labute approximate surface area is 172 Å². The topological polar surface area (TPSA) is 116 Å². The first-order chi connectivity index (χ1) is 14.6. The predicted octanol–water partition coefficient (Wildman–Crippen LogP) is 2.04. The van der Waals surface area contributed by atoms with Gasteiger partial charge in [-0.3, -0.25) is 19.7 Å². The number of fused-ring (bicyclic) bond motifs is 1. The van der Waals surface area contributed by atoms with Gasteiger partial charge < -0.3 is 5.73 Å². The highest BCUT2D eigenvalue weighted by atomic mass is 16.2. The Morgan fingerprint density at radius 1 is 1.07 bits per heavy atom. The van der Waals surface area contributed by atoms with E-state index in [1.54, 1.807) is 34.4 Å². The largest absolute Gasteiger partial charge is 0.326 e. The van der Waals surface area contributed by atoms with Crippen molar-refractivity contribution in [3.63, 3.8) is 0 Å². The summed E-state index contributed by atoms with van der Waals surface area (Å²) in [5, 5.41) is 5.37. The van der Waals surface area contributed by atoms with Crippen molar-refractivity contribution in [2.45, 2.75) is 25.8 Å². The van der Waals surface area contributed by atoms with Crippen molar-refractivity contribution in [3.05, 3.63) is 54.7 Å². The lowest BCUT2D eigenvalue weighted by Gasteiger charge is -2.29. The molecule has 1 aliphatic heterocycles. The molecule has 0 unspecified atom stereocenters. The number of piperidine rings is 1. The molecule has 0 bridgehead atoms. The van der Waals surface area contributed by atoms with E-state index in [-0.39, 0.29) is 11.9 Å². The highest BCUT2D eigenvalue weighted by molar-refractivity contribution is 5.93. The number of hydrogen-bond donors (Lipinski definition) is 1. The maximum Gasteiger partial charge on any atom is 0.228 e. The smallest absolute Gasteiger partial charge is 0.228 e. The van der Waals surface area contributed by atoms with Crippen LogP contribution in [0.5, 0.6) is 0 Å². The number of rotatable bonds is 3. The van der Waals surface area contributed by atoms with Gasteiger partial charge in [0.25, 0.3) is 0 Å². The van der Waals surface area contributed by atoms with Crippen molar-refractivity contribution in [1.82, 2.24) is 29.7 Å². The van der Waals surface area contributed by atoms with E-state index in [1.165, 1.54) is 0 Å². The van der Waals surface area contributed by atoms with Crippen LogP contribution in [0.4, 0.5) is 5.82 Å². The second kappa shape index (κ2) is 7.27. The van der Waals surface area contributed by atoms with Crippen LogP contribution in [0.3, 0.4) is 0 Å². The van der Waals surface area contributed by atoms with Crippen LogP contribution >= 0.6 is 0 Å². The summed E-state index contributed by atoms with van der Waals surface area (Å²) in [4.78, 5) is 31.9. The maximum atomic E-state index is 12.4. The Kier molecular flexibility index (Phi) is 4.44. The van der Waals surface area contributed by atoms with Gasteiger partial charge in [-0.2, -0.15) is 5.10 Å². The monoisotopic (exact) mass is 400 g/mol. The Bertz CT molecular complexity index is 1250. The number of hydrogen-bond acceptors (Lipinski definition) is 7. The lowest BCUT2D eigenvalue weighted by Crippen LogP contribution is -2.46. The molecule has 0 radical (unpaired) electrons. The first kappa shape index (κ1) is 18.3. The zero-order valence-electron chi connectivity index (χ0n) is 16.4. The molecule has 9 nitrogen and oxygen atoms in total. The molecule has 30 heavy (non-hydrogen) atoms. The normalized spacial score (nSPS) is 16.9. The molecule has 1 saturated heterocycles. The summed E-state index contributed by atoms with van der Waals surface area (Å²) in [7, 11) is 0. The van der Waals surface area contributed by atoms with E-state index in [0.29, 0.717) is 42.4 Å². The van der Waals surface area contributed by atoms with Crippen molar-refractivity contribution in [2.75, 3.05) is 11.4 Å². The third-order valence-electron chi connectivity index (χ3n) is 5.13. The van der Waals surface area contributed by atoms with Crippen molar-refractivity contribution in [2.24, 2.45) is 5.73 Å². The number of carbonyl (C=O) groups excluding carboxylic acids is 1. The first-order valence-electron chi connectivity index (χ1n) is 9.75. The molecule has 1 amide bonds. The summed E-state index contributed by atoms with van der Waals surface area (Å²) in [5.74, 6) is 1.23. The number of amides is 1. The van der Waals surface area contributed by atoms with Crippen LogP contribution in [0.2, 0.25) is 0 Å². The van der Waals surface area contributed by atoms with E-state index in [9.17, 15) is 4.79 Å². The van der Waals surface area contributed by atoms with Crippen LogP contribution in [0, 0.1) is 6.92 Å². The van der Waals surface area contributed by atoms with Crippen molar-refractivity contribution >= 4 is 22.6 Å². The van der Waals surface area contributed by atoms with Gasteiger partial charge in [0.15, 0.2) is 5.82 Å².